The van der Waals surface area contributed by atoms with Crippen molar-refractivity contribution in [3.63, 3.8) is 0 Å². The van der Waals surface area contributed by atoms with Crippen LogP contribution in [0.4, 0.5) is 10.1 Å². The minimum atomic E-state index is -0.732. The van der Waals surface area contributed by atoms with Gasteiger partial charge in [-0.05, 0) is 43.4 Å². The van der Waals surface area contributed by atoms with Crippen molar-refractivity contribution in [2.45, 2.75) is 31.3 Å². The molecular weight excluding hydrogens is 205 g/mol. The van der Waals surface area contributed by atoms with Crippen LogP contribution in [0.15, 0.2) is 18.2 Å². The predicted octanol–water partition coefficient (Wildman–Crippen LogP) is 2.41. The van der Waals surface area contributed by atoms with Crippen molar-refractivity contribution >= 4 is 5.69 Å². The largest absolute Gasteiger partial charge is 0.385 e. The lowest BCUT2D eigenvalue weighted by molar-refractivity contribution is 0.151. The molecular formula is C13H16FNO. The van der Waals surface area contributed by atoms with Crippen LogP contribution < -0.4 is 4.90 Å². The molecule has 3 rings (SSSR count). The molecule has 3 heteroatoms. The zero-order chi connectivity index (χ0) is 11.2. The minimum Gasteiger partial charge on any atom is -0.385 e. The van der Waals surface area contributed by atoms with Crippen LogP contribution in [0.3, 0.4) is 0 Å². The molecule has 0 amide bonds. The van der Waals surface area contributed by atoms with Gasteiger partial charge >= 0.3 is 0 Å². The van der Waals surface area contributed by atoms with Crippen molar-refractivity contribution in [1.29, 1.82) is 0 Å². The average Bonchev–Trinajstić information content (AvgIpc) is 2.82. The summed E-state index contributed by atoms with van der Waals surface area (Å²) in [7, 11) is 0. The van der Waals surface area contributed by atoms with Gasteiger partial charge in [0.05, 0.1) is 11.3 Å². The normalized spacial score (nSPS) is 22.5. The molecule has 2 nitrogen and oxygen atoms in total. The van der Waals surface area contributed by atoms with Gasteiger partial charge in [-0.1, -0.05) is 6.07 Å². The van der Waals surface area contributed by atoms with Crippen molar-refractivity contribution < 1.29 is 9.50 Å². The molecule has 86 valence electrons. The molecule has 1 aliphatic heterocycles. The van der Waals surface area contributed by atoms with Gasteiger partial charge in [-0.25, -0.2) is 4.39 Å². The van der Waals surface area contributed by atoms with E-state index in [1.807, 2.05) is 12.1 Å². The highest BCUT2D eigenvalue weighted by Gasteiger charge is 2.42. The molecule has 1 aromatic carbocycles. The fourth-order valence-electron chi connectivity index (χ4n) is 2.42. The Morgan fingerprint density at radius 1 is 1.19 bits per heavy atom. The summed E-state index contributed by atoms with van der Waals surface area (Å²) in [5.41, 5.74) is 0.683. The lowest BCUT2D eigenvalue weighted by Crippen LogP contribution is -2.19. The maximum atomic E-state index is 13.9. The highest BCUT2D eigenvalue weighted by Crippen LogP contribution is 2.46. The second-order valence-corrected chi connectivity index (χ2v) is 4.89. The number of halogens is 1. The molecule has 1 N–H and O–H groups in total. The Balaban J connectivity index is 1.90. The van der Waals surface area contributed by atoms with Crippen LogP contribution >= 0.6 is 0 Å². The molecule has 1 aromatic rings. The standard InChI is InChI=1S/C13H16FNO/c14-11-9-10(13(16)5-6-13)3-4-12(11)15-7-1-2-8-15/h3-4,9,16H,1-2,5-8H2. The van der Waals surface area contributed by atoms with E-state index in [-0.39, 0.29) is 5.82 Å². The Morgan fingerprint density at radius 2 is 1.88 bits per heavy atom. The van der Waals surface area contributed by atoms with E-state index >= 15 is 0 Å². The molecule has 0 spiro atoms. The first-order valence-electron chi connectivity index (χ1n) is 5.96. The molecule has 0 unspecified atom stereocenters. The minimum absolute atomic E-state index is 0.195. The zero-order valence-electron chi connectivity index (χ0n) is 9.25. The fourth-order valence-corrected chi connectivity index (χ4v) is 2.42. The van der Waals surface area contributed by atoms with Crippen LogP contribution in [0.1, 0.15) is 31.2 Å². The number of hydrogen-bond donors (Lipinski definition) is 1. The van der Waals surface area contributed by atoms with E-state index < -0.39 is 5.60 Å². The summed E-state index contributed by atoms with van der Waals surface area (Å²) in [5, 5.41) is 9.90. The molecule has 0 radical (unpaired) electrons. The van der Waals surface area contributed by atoms with Crippen LogP contribution in [0.25, 0.3) is 0 Å². The number of anilines is 1. The van der Waals surface area contributed by atoms with Crippen molar-refractivity contribution in [2.75, 3.05) is 18.0 Å². The van der Waals surface area contributed by atoms with Crippen molar-refractivity contribution in [1.82, 2.24) is 0 Å². The molecule has 1 saturated heterocycles. The number of nitrogens with zero attached hydrogens (tertiary/aromatic N) is 1. The molecule has 16 heavy (non-hydrogen) atoms. The third-order valence-electron chi connectivity index (χ3n) is 3.66. The molecule has 1 aliphatic carbocycles. The summed E-state index contributed by atoms with van der Waals surface area (Å²) in [6.07, 6.45) is 3.81. The van der Waals surface area contributed by atoms with Gasteiger partial charge in [0, 0.05) is 13.1 Å². The highest BCUT2D eigenvalue weighted by atomic mass is 19.1. The van der Waals surface area contributed by atoms with Crippen LogP contribution in [0.5, 0.6) is 0 Å². The Kier molecular flexibility index (Phi) is 2.18. The van der Waals surface area contributed by atoms with E-state index in [9.17, 15) is 9.50 Å². The Morgan fingerprint density at radius 3 is 2.44 bits per heavy atom. The van der Waals surface area contributed by atoms with Gasteiger partial charge < -0.3 is 10.0 Å². The van der Waals surface area contributed by atoms with E-state index in [2.05, 4.69) is 4.90 Å². The summed E-state index contributed by atoms with van der Waals surface area (Å²) in [5.74, 6) is -0.195. The SMILES string of the molecule is OC1(c2ccc(N3CCCC3)c(F)c2)CC1. The number of rotatable bonds is 2. The van der Waals surface area contributed by atoms with Gasteiger partial charge in [0.2, 0.25) is 0 Å². The third-order valence-corrected chi connectivity index (χ3v) is 3.66. The number of benzene rings is 1. The summed E-state index contributed by atoms with van der Waals surface area (Å²) < 4.78 is 13.9. The monoisotopic (exact) mass is 221 g/mol. The fraction of sp³-hybridized carbons (Fsp3) is 0.538. The van der Waals surface area contributed by atoms with E-state index in [1.54, 1.807) is 0 Å². The molecule has 2 aliphatic rings. The van der Waals surface area contributed by atoms with Gasteiger partial charge in [0.25, 0.3) is 0 Å². The van der Waals surface area contributed by atoms with Crippen LogP contribution in [-0.2, 0) is 5.60 Å². The van der Waals surface area contributed by atoms with Gasteiger partial charge in [0.15, 0.2) is 0 Å². The molecule has 0 aromatic heterocycles. The Hall–Kier alpha value is -1.09. The van der Waals surface area contributed by atoms with Crippen molar-refractivity contribution in [3.05, 3.63) is 29.6 Å². The Bertz CT molecular complexity index is 408. The summed E-state index contributed by atoms with van der Waals surface area (Å²) in [4.78, 5) is 2.08. The maximum Gasteiger partial charge on any atom is 0.146 e. The smallest absolute Gasteiger partial charge is 0.146 e. The number of aliphatic hydroxyl groups is 1. The van der Waals surface area contributed by atoms with E-state index in [0.717, 1.165) is 44.3 Å². The quantitative estimate of drug-likeness (QED) is 0.829. The maximum absolute atomic E-state index is 13.9. The number of hydrogen-bond acceptors (Lipinski definition) is 2. The van der Waals surface area contributed by atoms with E-state index in [4.69, 9.17) is 0 Å². The lowest BCUT2D eigenvalue weighted by atomic mass is 10.1. The second kappa shape index (κ2) is 3.45. The first-order valence-corrected chi connectivity index (χ1v) is 5.96. The second-order valence-electron chi connectivity index (χ2n) is 4.89. The third kappa shape index (κ3) is 1.59. The van der Waals surface area contributed by atoms with Crippen LogP contribution in [0.2, 0.25) is 0 Å². The topological polar surface area (TPSA) is 23.5 Å². The van der Waals surface area contributed by atoms with E-state index in [0.29, 0.717) is 5.69 Å². The molecule has 0 bridgehead atoms. The summed E-state index contributed by atoms with van der Waals surface area (Å²) in [6, 6.07) is 5.18. The van der Waals surface area contributed by atoms with Gasteiger partial charge in [-0.2, -0.15) is 0 Å². The van der Waals surface area contributed by atoms with E-state index in [1.165, 1.54) is 6.07 Å². The molecule has 1 saturated carbocycles. The first kappa shape index (κ1) is 10.1. The van der Waals surface area contributed by atoms with Crippen LogP contribution in [-0.4, -0.2) is 18.2 Å². The molecule has 1 heterocycles. The Labute approximate surface area is 94.7 Å². The van der Waals surface area contributed by atoms with Crippen LogP contribution in [0, 0.1) is 5.82 Å². The lowest BCUT2D eigenvalue weighted by Gasteiger charge is -2.19. The summed E-state index contributed by atoms with van der Waals surface area (Å²) >= 11 is 0. The van der Waals surface area contributed by atoms with Gasteiger partial charge in [-0.15, -0.1) is 0 Å². The van der Waals surface area contributed by atoms with Crippen molar-refractivity contribution in [3.8, 4) is 0 Å². The highest BCUT2D eigenvalue weighted by molar-refractivity contribution is 5.51. The van der Waals surface area contributed by atoms with Gasteiger partial charge in [0.1, 0.15) is 5.82 Å². The average molecular weight is 221 g/mol. The van der Waals surface area contributed by atoms with Gasteiger partial charge in [-0.3, -0.25) is 0 Å². The molecule has 2 fully saturated rings. The van der Waals surface area contributed by atoms with Crippen molar-refractivity contribution in [2.24, 2.45) is 0 Å². The predicted molar refractivity (Wildman–Crippen MR) is 61.0 cm³/mol. The summed E-state index contributed by atoms with van der Waals surface area (Å²) in [6.45, 7) is 1.89. The molecule has 0 atom stereocenters. The first-order chi connectivity index (χ1) is 7.69. The zero-order valence-corrected chi connectivity index (χ0v) is 9.25.